The van der Waals surface area contributed by atoms with E-state index in [1.165, 1.54) is 18.4 Å². The number of para-hydroxylation sites is 1. The van der Waals surface area contributed by atoms with Crippen molar-refractivity contribution in [1.82, 2.24) is 0 Å². The molecule has 1 aromatic heterocycles. The predicted molar refractivity (Wildman–Crippen MR) is 71.1 cm³/mol. The van der Waals surface area contributed by atoms with Crippen LogP contribution in [0, 0.1) is 0 Å². The highest BCUT2D eigenvalue weighted by molar-refractivity contribution is 6.15. The standard InChI is InChI=1S/C16H9F3O2/c17-16(18,19)11-7-5-10(6-8-11)15(20)13-9-21-14-4-2-1-3-12(13)14/h1-9H. The molecule has 3 aromatic rings. The predicted octanol–water partition coefficient (Wildman–Crippen LogP) is 4.68. The van der Waals surface area contributed by atoms with Gasteiger partial charge >= 0.3 is 6.18 Å². The fourth-order valence-electron chi connectivity index (χ4n) is 2.12. The first kappa shape index (κ1) is 13.4. The van der Waals surface area contributed by atoms with E-state index >= 15 is 0 Å². The van der Waals surface area contributed by atoms with Crippen molar-refractivity contribution in [3.8, 4) is 0 Å². The van der Waals surface area contributed by atoms with Gasteiger partial charge in [0.15, 0.2) is 5.78 Å². The Bertz CT molecular complexity index is 798. The summed E-state index contributed by atoms with van der Waals surface area (Å²) in [6, 6.07) is 11.1. The van der Waals surface area contributed by atoms with Gasteiger partial charge in [0.25, 0.3) is 0 Å². The van der Waals surface area contributed by atoms with Crippen LogP contribution in [-0.4, -0.2) is 5.78 Å². The Morgan fingerprint density at radius 1 is 0.952 bits per heavy atom. The van der Waals surface area contributed by atoms with E-state index in [4.69, 9.17) is 4.42 Å². The molecule has 0 aliphatic heterocycles. The molecule has 0 amide bonds. The second-order valence-corrected chi connectivity index (χ2v) is 4.55. The van der Waals surface area contributed by atoms with Crippen molar-refractivity contribution in [2.24, 2.45) is 0 Å². The van der Waals surface area contributed by atoms with E-state index in [0.29, 0.717) is 16.5 Å². The summed E-state index contributed by atoms with van der Waals surface area (Å²) in [5, 5.41) is 0.641. The highest BCUT2D eigenvalue weighted by Gasteiger charge is 2.30. The lowest BCUT2D eigenvalue weighted by Crippen LogP contribution is -2.06. The molecule has 0 atom stereocenters. The molecule has 0 aliphatic rings. The van der Waals surface area contributed by atoms with Crippen molar-refractivity contribution in [3.63, 3.8) is 0 Å². The van der Waals surface area contributed by atoms with Gasteiger partial charge < -0.3 is 4.42 Å². The van der Waals surface area contributed by atoms with Crippen LogP contribution in [0.15, 0.2) is 59.2 Å². The molecule has 0 saturated carbocycles. The lowest BCUT2D eigenvalue weighted by molar-refractivity contribution is -0.137. The summed E-state index contributed by atoms with van der Waals surface area (Å²) in [6.07, 6.45) is -3.09. The smallest absolute Gasteiger partial charge is 0.416 e. The zero-order valence-electron chi connectivity index (χ0n) is 10.6. The van der Waals surface area contributed by atoms with E-state index in [9.17, 15) is 18.0 Å². The van der Waals surface area contributed by atoms with Gasteiger partial charge in [-0.05, 0) is 18.2 Å². The van der Waals surface area contributed by atoms with Crippen LogP contribution in [0.2, 0.25) is 0 Å². The number of ketones is 1. The van der Waals surface area contributed by atoms with Crippen molar-refractivity contribution >= 4 is 16.8 Å². The molecular formula is C16H9F3O2. The van der Waals surface area contributed by atoms with Crippen LogP contribution in [-0.2, 0) is 6.18 Å². The van der Waals surface area contributed by atoms with E-state index in [1.54, 1.807) is 24.3 Å². The van der Waals surface area contributed by atoms with Crippen LogP contribution in [0.5, 0.6) is 0 Å². The number of fused-ring (bicyclic) bond motifs is 1. The molecule has 0 radical (unpaired) electrons. The summed E-state index contributed by atoms with van der Waals surface area (Å²) in [6.45, 7) is 0. The van der Waals surface area contributed by atoms with E-state index in [0.717, 1.165) is 12.1 Å². The van der Waals surface area contributed by atoms with Crippen LogP contribution in [0.1, 0.15) is 21.5 Å². The summed E-state index contributed by atoms with van der Waals surface area (Å²) in [5.41, 5.74) is 0.309. The van der Waals surface area contributed by atoms with E-state index in [-0.39, 0.29) is 11.3 Å². The number of benzene rings is 2. The third-order valence-corrected chi connectivity index (χ3v) is 3.20. The maximum absolute atomic E-state index is 12.5. The number of alkyl halides is 3. The number of furan rings is 1. The van der Waals surface area contributed by atoms with Crippen LogP contribution in [0.25, 0.3) is 11.0 Å². The first-order valence-corrected chi connectivity index (χ1v) is 6.15. The van der Waals surface area contributed by atoms with Gasteiger partial charge in [-0.15, -0.1) is 0 Å². The van der Waals surface area contributed by atoms with Gasteiger partial charge in [0.05, 0.1) is 11.1 Å². The van der Waals surface area contributed by atoms with Crippen molar-refractivity contribution in [2.75, 3.05) is 0 Å². The van der Waals surface area contributed by atoms with Gasteiger partial charge in [-0.2, -0.15) is 13.2 Å². The minimum Gasteiger partial charge on any atom is -0.464 e. The Hall–Kier alpha value is -2.56. The Kier molecular flexibility index (Phi) is 3.05. The third kappa shape index (κ3) is 2.42. The van der Waals surface area contributed by atoms with E-state index in [2.05, 4.69) is 0 Å². The second kappa shape index (κ2) is 4.77. The SMILES string of the molecule is O=C(c1ccc(C(F)(F)F)cc1)c1coc2ccccc12. The number of halogens is 3. The van der Waals surface area contributed by atoms with Crippen LogP contribution in [0.3, 0.4) is 0 Å². The molecular weight excluding hydrogens is 281 g/mol. The summed E-state index contributed by atoms with van der Waals surface area (Å²) < 4.78 is 42.8. The minimum absolute atomic E-state index is 0.189. The molecule has 2 aromatic carbocycles. The number of hydrogen-bond acceptors (Lipinski definition) is 2. The van der Waals surface area contributed by atoms with Gasteiger partial charge in [0.2, 0.25) is 0 Å². The van der Waals surface area contributed by atoms with Crippen molar-refractivity contribution in [1.29, 1.82) is 0 Å². The summed E-state index contributed by atoms with van der Waals surface area (Å²) in [7, 11) is 0. The third-order valence-electron chi connectivity index (χ3n) is 3.20. The molecule has 1 heterocycles. The number of carbonyl (C=O) groups excluding carboxylic acids is 1. The Labute approximate surface area is 117 Å². The Morgan fingerprint density at radius 2 is 1.62 bits per heavy atom. The van der Waals surface area contributed by atoms with Crippen LogP contribution in [0.4, 0.5) is 13.2 Å². The highest BCUT2D eigenvalue weighted by Crippen LogP contribution is 2.30. The Morgan fingerprint density at radius 3 is 2.29 bits per heavy atom. The molecule has 3 rings (SSSR count). The van der Waals surface area contributed by atoms with E-state index < -0.39 is 11.7 Å². The van der Waals surface area contributed by atoms with Crippen molar-refractivity contribution < 1.29 is 22.4 Å². The second-order valence-electron chi connectivity index (χ2n) is 4.55. The topological polar surface area (TPSA) is 30.2 Å². The van der Waals surface area contributed by atoms with Gasteiger partial charge in [-0.1, -0.05) is 30.3 Å². The molecule has 0 aliphatic carbocycles. The first-order valence-electron chi connectivity index (χ1n) is 6.15. The van der Waals surface area contributed by atoms with Gasteiger partial charge in [-0.3, -0.25) is 4.79 Å². The molecule has 0 unspecified atom stereocenters. The van der Waals surface area contributed by atoms with Crippen LogP contribution < -0.4 is 0 Å². The fraction of sp³-hybridized carbons (Fsp3) is 0.0625. The summed E-state index contributed by atoms with van der Waals surface area (Å²) >= 11 is 0. The van der Waals surface area contributed by atoms with Crippen LogP contribution >= 0.6 is 0 Å². The number of rotatable bonds is 2. The molecule has 106 valence electrons. The van der Waals surface area contributed by atoms with Gasteiger partial charge in [0, 0.05) is 10.9 Å². The van der Waals surface area contributed by atoms with Gasteiger partial charge in [0.1, 0.15) is 11.8 Å². The molecule has 0 N–H and O–H groups in total. The monoisotopic (exact) mass is 290 g/mol. The zero-order chi connectivity index (χ0) is 15.0. The first-order chi connectivity index (χ1) is 9.97. The van der Waals surface area contributed by atoms with Gasteiger partial charge in [-0.25, -0.2) is 0 Å². The van der Waals surface area contributed by atoms with Crippen molar-refractivity contribution in [3.05, 3.63) is 71.5 Å². The normalized spacial score (nSPS) is 11.8. The molecule has 0 fully saturated rings. The average molecular weight is 290 g/mol. The molecule has 0 bridgehead atoms. The summed E-state index contributed by atoms with van der Waals surface area (Å²) in [4.78, 5) is 12.3. The Balaban J connectivity index is 1.99. The molecule has 5 heteroatoms. The number of hydrogen-bond donors (Lipinski definition) is 0. The maximum Gasteiger partial charge on any atom is 0.416 e. The van der Waals surface area contributed by atoms with E-state index in [1.807, 2.05) is 0 Å². The quantitative estimate of drug-likeness (QED) is 0.641. The minimum atomic E-state index is -4.41. The zero-order valence-corrected chi connectivity index (χ0v) is 10.6. The lowest BCUT2D eigenvalue weighted by Gasteiger charge is -2.06. The molecule has 2 nitrogen and oxygen atoms in total. The molecule has 21 heavy (non-hydrogen) atoms. The fourth-order valence-corrected chi connectivity index (χ4v) is 2.12. The largest absolute Gasteiger partial charge is 0.464 e. The van der Waals surface area contributed by atoms with Crippen molar-refractivity contribution in [2.45, 2.75) is 6.18 Å². The number of carbonyl (C=O) groups is 1. The summed E-state index contributed by atoms with van der Waals surface area (Å²) in [5.74, 6) is -0.367. The molecule has 0 spiro atoms. The molecule has 0 saturated heterocycles. The lowest BCUT2D eigenvalue weighted by atomic mass is 10.0. The average Bonchev–Trinajstić information content (AvgIpc) is 2.90. The highest BCUT2D eigenvalue weighted by atomic mass is 19.4. The maximum atomic E-state index is 12.5.